The average Bonchev–Trinajstić information content (AvgIpc) is 2.41. The summed E-state index contributed by atoms with van der Waals surface area (Å²) in [6.45, 7) is 7.25. The van der Waals surface area contributed by atoms with Gasteiger partial charge in [-0.25, -0.2) is 13.2 Å². The molecule has 0 saturated heterocycles. The molecular formula is C16H16F3NO. The van der Waals surface area contributed by atoms with Crippen LogP contribution in [0.5, 0.6) is 0 Å². The van der Waals surface area contributed by atoms with Crippen LogP contribution in [0.4, 0.5) is 13.2 Å². The molecule has 2 rings (SSSR count). The predicted molar refractivity (Wildman–Crippen MR) is 74.3 cm³/mol. The quantitative estimate of drug-likeness (QED) is 0.769. The van der Waals surface area contributed by atoms with Crippen LogP contribution in [0.2, 0.25) is 0 Å². The number of rotatable bonds is 3. The number of Topliss-reactive ketones (excluding diaryl/α,β-unsaturated/α-hetero) is 1. The van der Waals surface area contributed by atoms with Gasteiger partial charge >= 0.3 is 0 Å². The van der Waals surface area contributed by atoms with Crippen molar-refractivity contribution < 1.29 is 18.0 Å². The molecule has 0 fully saturated rings. The van der Waals surface area contributed by atoms with Crippen molar-refractivity contribution in [2.24, 2.45) is 5.92 Å². The summed E-state index contributed by atoms with van der Waals surface area (Å²) in [5, 5.41) is 0. The van der Waals surface area contributed by atoms with E-state index in [4.69, 9.17) is 0 Å². The molecule has 0 aliphatic heterocycles. The lowest BCUT2D eigenvalue weighted by molar-refractivity contribution is -0.116. The van der Waals surface area contributed by atoms with Crippen LogP contribution in [0.1, 0.15) is 44.4 Å². The number of carbonyl (C=O) groups is 1. The van der Waals surface area contributed by atoms with E-state index in [9.17, 15) is 18.0 Å². The van der Waals surface area contributed by atoms with Gasteiger partial charge in [0.05, 0.1) is 0 Å². The Kier molecular flexibility index (Phi) is 4.30. The lowest BCUT2D eigenvalue weighted by Gasteiger charge is -2.26. The third-order valence-electron chi connectivity index (χ3n) is 3.90. The number of ketones is 1. The first-order valence-electron chi connectivity index (χ1n) is 6.64. The highest BCUT2D eigenvalue weighted by Crippen LogP contribution is 2.38. The summed E-state index contributed by atoms with van der Waals surface area (Å²) in [7, 11) is 0. The van der Waals surface area contributed by atoms with Gasteiger partial charge in [-0.15, -0.1) is 0 Å². The largest absolute Gasteiger partial charge is 0.295 e. The Hall–Kier alpha value is -1.91. The van der Waals surface area contributed by atoms with Crippen LogP contribution in [0.15, 0.2) is 30.0 Å². The zero-order chi connectivity index (χ0) is 15.7. The van der Waals surface area contributed by atoms with Crippen molar-refractivity contribution in [3.8, 4) is 0 Å². The molecule has 1 aliphatic carbocycles. The van der Waals surface area contributed by atoms with Crippen LogP contribution in [0.25, 0.3) is 5.57 Å². The van der Waals surface area contributed by atoms with E-state index in [1.54, 1.807) is 6.92 Å². The number of hydrogen-bond donors (Lipinski definition) is 0. The average molecular weight is 295 g/mol. The molecule has 1 unspecified atom stereocenters. The van der Waals surface area contributed by atoms with Crippen molar-refractivity contribution in [3.63, 3.8) is 0 Å². The zero-order valence-electron chi connectivity index (χ0n) is 11.9. The lowest BCUT2D eigenvalue weighted by Crippen LogP contribution is -2.19. The molecule has 1 aliphatic rings. The molecule has 1 heterocycles. The fourth-order valence-electron chi connectivity index (χ4n) is 2.52. The standard InChI is InChI=1S/C16H16F3NO/c1-8(2)10-6-12(9(3)13(21)7-10)11-4-5-20-15(14(11)17)16(18)19/h4-5,10,16H,1,6-7H2,2-3H3. The molecule has 0 spiro atoms. The second-order valence-electron chi connectivity index (χ2n) is 5.34. The number of nitrogens with zero attached hydrogens (tertiary/aromatic N) is 1. The monoisotopic (exact) mass is 295 g/mol. The Bertz CT molecular complexity index is 634. The van der Waals surface area contributed by atoms with E-state index in [1.165, 1.54) is 6.07 Å². The molecule has 0 aromatic carbocycles. The summed E-state index contributed by atoms with van der Waals surface area (Å²) >= 11 is 0. The van der Waals surface area contributed by atoms with Crippen molar-refractivity contribution in [1.82, 2.24) is 4.98 Å². The normalized spacial score (nSPS) is 19.3. The molecule has 2 nitrogen and oxygen atoms in total. The number of aromatic nitrogens is 1. The van der Waals surface area contributed by atoms with Crippen LogP contribution in [0, 0.1) is 11.7 Å². The van der Waals surface area contributed by atoms with Gasteiger partial charge in [-0.3, -0.25) is 9.78 Å². The SMILES string of the molecule is C=C(C)C1CC(=O)C(C)=C(c2ccnc(C(F)F)c2F)C1. The van der Waals surface area contributed by atoms with Crippen molar-refractivity contribution >= 4 is 11.4 Å². The van der Waals surface area contributed by atoms with E-state index in [0.717, 1.165) is 11.8 Å². The van der Waals surface area contributed by atoms with Gasteiger partial charge in [0, 0.05) is 18.2 Å². The van der Waals surface area contributed by atoms with Crippen LogP contribution in [-0.4, -0.2) is 10.8 Å². The third-order valence-corrected chi connectivity index (χ3v) is 3.90. The number of alkyl halides is 2. The molecule has 5 heteroatoms. The summed E-state index contributed by atoms with van der Waals surface area (Å²) in [5.41, 5.74) is 0.894. The minimum absolute atomic E-state index is 0.0390. The highest BCUT2D eigenvalue weighted by atomic mass is 19.3. The third kappa shape index (κ3) is 2.91. The predicted octanol–water partition coefficient (Wildman–Crippen LogP) is 4.49. The van der Waals surface area contributed by atoms with Crippen molar-refractivity contribution in [2.45, 2.75) is 33.1 Å². The summed E-state index contributed by atoms with van der Waals surface area (Å²) in [6.07, 6.45) is -1.08. The second-order valence-corrected chi connectivity index (χ2v) is 5.34. The topological polar surface area (TPSA) is 30.0 Å². The van der Waals surface area contributed by atoms with E-state index in [-0.39, 0.29) is 17.3 Å². The number of halogens is 3. The van der Waals surface area contributed by atoms with Gasteiger partial charge in [0.15, 0.2) is 11.6 Å². The molecule has 0 radical (unpaired) electrons. The molecular weight excluding hydrogens is 279 g/mol. The number of allylic oxidation sites excluding steroid dienone is 3. The van der Waals surface area contributed by atoms with Crippen molar-refractivity contribution in [1.29, 1.82) is 0 Å². The number of pyridine rings is 1. The fourth-order valence-corrected chi connectivity index (χ4v) is 2.52. The van der Waals surface area contributed by atoms with Crippen molar-refractivity contribution in [3.05, 3.63) is 47.1 Å². The van der Waals surface area contributed by atoms with E-state index in [1.807, 2.05) is 6.92 Å². The second kappa shape index (κ2) is 5.84. The van der Waals surface area contributed by atoms with Gasteiger partial charge in [0.1, 0.15) is 5.69 Å². The van der Waals surface area contributed by atoms with E-state index in [2.05, 4.69) is 11.6 Å². The van der Waals surface area contributed by atoms with Gasteiger partial charge < -0.3 is 0 Å². The molecule has 0 amide bonds. The smallest absolute Gasteiger partial charge is 0.283 e. The zero-order valence-corrected chi connectivity index (χ0v) is 11.9. The molecule has 1 aromatic heterocycles. The van der Waals surface area contributed by atoms with Crippen LogP contribution >= 0.6 is 0 Å². The number of carbonyl (C=O) groups excluding carboxylic acids is 1. The molecule has 0 N–H and O–H groups in total. The Morgan fingerprint density at radius 3 is 2.67 bits per heavy atom. The van der Waals surface area contributed by atoms with Gasteiger partial charge in [0.2, 0.25) is 0 Å². The molecule has 0 bridgehead atoms. The van der Waals surface area contributed by atoms with E-state index >= 15 is 0 Å². The maximum absolute atomic E-state index is 14.2. The first kappa shape index (κ1) is 15.5. The van der Waals surface area contributed by atoms with Gasteiger partial charge in [0.25, 0.3) is 6.43 Å². The summed E-state index contributed by atoms with van der Waals surface area (Å²) in [6, 6.07) is 1.34. The number of hydrogen-bond acceptors (Lipinski definition) is 2. The molecule has 112 valence electrons. The van der Waals surface area contributed by atoms with Crippen LogP contribution in [-0.2, 0) is 4.79 Å². The van der Waals surface area contributed by atoms with E-state index < -0.39 is 17.9 Å². The minimum atomic E-state index is -2.98. The molecule has 21 heavy (non-hydrogen) atoms. The summed E-state index contributed by atoms with van der Waals surface area (Å²) in [5.74, 6) is -1.23. The van der Waals surface area contributed by atoms with Gasteiger partial charge in [-0.2, -0.15) is 0 Å². The first-order valence-corrected chi connectivity index (χ1v) is 6.64. The maximum atomic E-state index is 14.2. The Morgan fingerprint density at radius 2 is 2.10 bits per heavy atom. The van der Waals surface area contributed by atoms with Gasteiger partial charge in [-0.1, -0.05) is 12.2 Å². The highest BCUT2D eigenvalue weighted by Gasteiger charge is 2.29. The molecule has 1 aromatic rings. The molecule has 0 saturated carbocycles. The molecule has 1 atom stereocenters. The fraction of sp³-hybridized carbons (Fsp3) is 0.375. The Labute approximate surface area is 121 Å². The van der Waals surface area contributed by atoms with E-state index in [0.29, 0.717) is 24.0 Å². The maximum Gasteiger partial charge on any atom is 0.283 e. The van der Waals surface area contributed by atoms with Crippen molar-refractivity contribution in [2.75, 3.05) is 0 Å². The highest BCUT2D eigenvalue weighted by molar-refractivity contribution is 6.04. The summed E-state index contributed by atoms with van der Waals surface area (Å²) in [4.78, 5) is 15.4. The summed E-state index contributed by atoms with van der Waals surface area (Å²) < 4.78 is 39.7. The van der Waals surface area contributed by atoms with Gasteiger partial charge in [-0.05, 0) is 43.4 Å². The Balaban J connectivity index is 2.54. The lowest BCUT2D eigenvalue weighted by atomic mass is 9.78. The minimum Gasteiger partial charge on any atom is -0.295 e. The van der Waals surface area contributed by atoms with Crippen LogP contribution < -0.4 is 0 Å². The van der Waals surface area contributed by atoms with Crippen LogP contribution in [0.3, 0.4) is 0 Å². The first-order chi connectivity index (χ1) is 9.82. The Morgan fingerprint density at radius 1 is 1.43 bits per heavy atom.